The molecule has 0 fully saturated rings. The fourth-order valence-corrected chi connectivity index (χ4v) is 6.02. The van der Waals surface area contributed by atoms with Gasteiger partial charge in [-0.15, -0.1) is 0 Å². The van der Waals surface area contributed by atoms with E-state index < -0.39 is 8.80 Å². The highest BCUT2D eigenvalue weighted by Crippen LogP contribution is 2.42. The molecule has 0 bridgehead atoms. The van der Waals surface area contributed by atoms with E-state index in [1.165, 1.54) is 22.3 Å². The van der Waals surface area contributed by atoms with Gasteiger partial charge >= 0.3 is 0 Å². The summed E-state index contributed by atoms with van der Waals surface area (Å²) < 4.78 is 0. The first-order chi connectivity index (χ1) is 10.8. The average Bonchev–Trinajstić information content (AvgIpc) is 2.82. The second kappa shape index (κ2) is 5.79. The van der Waals surface area contributed by atoms with Gasteiger partial charge in [-0.25, -0.2) is 0 Å². The maximum Gasteiger partial charge on any atom is 0.0439 e. The fraction of sp³-hybridized carbons (Fsp3) is 0.364. The van der Waals surface area contributed by atoms with E-state index >= 15 is 0 Å². The molecule has 0 aliphatic heterocycles. The summed E-state index contributed by atoms with van der Waals surface area (Å²) in [7, 11) is -0.732. The predicted octanol–water partition coefficient (Wildman–Crippen LogP) is 6.18. The van der Waals surface area contributed by atoms with E-state index in [4.69, 9.17) is 0 Å². The Morgan fingerprint density at radius 2 is 1.57 bits per heavy atom. The van der Waals surface area contributed by atoms with Gasteiger partial charge in [0.1, 0.15) is 0 Å². The molecular weight excluding hydrogens is 292 g/mol. The molecule has 0 nitrogen and oxygen atoms in total. The van der Waals surface area contributed by atoms with Crippen molar-refractivity contribution in [3.63, 3.8) is 0 Å². The van der Waals surface area contributed by atoms with Crippen LogP contribution in [-0.4, -0.2) is 8.80 Å². The Morgan fingerprint density at radius 3 is 2.13 bits per heavy atom. The van der Waals surface area contributed by atoms with Gasteiger partial charge in [0.15, 0.2) is 0 Å². The zero-order chi connectivity index (χ0) is 16.8. The van der Waals surface area contributed by atoms with Crippen molar-refractivity contribution in [3.8, 4) is 11.1 Å². The molecule has 0 N–H and O–H groups in total. The Kier molecular flexibility index (Phi) is 4.10. The third kappa shape index (κ3) is 2.95. The standard InChI is InChI=1S/C22H28Si/c1-15-14-20-18(8-7-9-19(20)21(15)23(5)6)16-10-12-17(13-11-16)22(2,3)4/h7-14,21,23H,1-6H3. The van der Waals surface area contributed by atoms with Crippen LogP contribution in [0.25, 0.3) is 17.2 Å². The van der Waals surface area contributed by atoms with Crippen molar-refractivity contribution in [3.05, 3.63) is 64.7 Å². The van der Waals surface area contributed by atoms with Crippen LogP contribution in [0.1, 0.15) is 49.9 Å². The van der Waals surface area contributed by atoms with Crippen molar-refractivity contribution >= 4 is 14.9 Å². The summed E-state index contributed by atoms with van der Waals surface area (Å²) in [4.78, 5) is 0. The lowest BCUT2D eigenvalue weighted by Crippen LogP contribution is -2.15. The molecule has 2 aromatic carbocycles. The summed E-state index contributed by atoms with van der Waals surface area (Å²) in [6.07, 6.45) is 2.43. The van der Waals surface area contributed by atoms with Gasteiger partial charge in [-0.3, -0.25) is 0 Å². The number of hydrogen-bond acceptors (Lipinski definition) is 0. The summed E-state index contributed by atoms with van der Waals surface area (Å²) in [6, 6.07) is 16.0. The van der Waals surface area contributed by atoms with Gasteiger partial charge in [0.2, 0.25) is 0 Å². The third-order valence-corrected chi connectivity index (χ3v) is 7.28. The lowest BCUT2D eigenvalue weighted by atomic mass is 9.86. The van der Waals surface area contributed by atoms with Crippen LogP contribution in [0.4, 0.5) is 0 Å². The first-order valence-corrected chi connectivity index (χ1v) is 11.7. The van der Waals surface area contributed by atoms with Crippen molar-refractivity contribution in [2.45, 2.75) is 51.7 Å². The molecule has 2 aromatic rings. The average molecular weight is 321 g/mol. The molecule has 1 heteroatoms. The van der Waals surface area contributed by atoms with Gasteiger partial charge in [0, 0.05) is 8.80 Å². The van der Waals surface area contributed by atoms with Crippen LogP contribution in [-0.2, 0) is 5.41 Å². The SMILES string of the molecule is CC1=Cc2c(-c3ccc(C(C)(C)C)cc3)cccc2C1[SiH](C)C. The maximum atomic E-state index is 2.46. The number of benzene rings is 2. The molecule has 0 aromatic heterocycles. The van der Waals surface area contributed by atoms with Crippen molar-refractivity contribution < 1.29 is 0 Å². The van der Waals surface area contributed by atoms with Crippen LogP contribution >= 0.6 is 0 Å². The minimum absolute atomic E-state index is 0.210. The summed E-state index contributed by atoms with van der Waals surface area (Å²) in [5.74, 6) is 0. The van der Waals surface area contributed by atoms with E-state index in [0.29, 0.717) is 5.54 Å². The van der Waals surface area contributed by atoms with Crippen LogP contribution in [0, 0.1) is 0 Å². The zero-order valence-corrected chi connectivity index (χ0v) is 16.4. The molecule has 0 saturated heterocycles. The fourth-order valence-electron chi connectivity index (χ4n) is 3.86. The highest BCUT2D eigenvalue weighted by molar-refractivity contribution is 6.58. The topological polar surface area (TPSA) is 0 Å². The largest absolute Gasteiger partial charge is 0.0714 e. The highest BCUT2D eigenvalue weighted by Gasteiger charge is 2.27. The molecule has 1 aliphatic rings. The normalized spacial score (nSPS) is 17.3. The quantitative estimate of drug-likeness (QED) is 0.580. The summed E-state index contributed by atoms with van der Waals surface area (Å²) in [5.41, 5.74) is 9.61. The molecule has 0 heterocycles. The van der Waals surface area contributed by atoms with Gasteiger partial charge in [-0.05, 0) is 45.7 Å². The lowest BCUT2D eigenvalue weighted by molar-refractivity contribution is 0.590. The second-order valence-electron chi connectivity index (χ2n) is 8.25. The van der Waals surface area contributed by atoms with Crippen LogP contribution in [0.15, 0.2) is 48.0 Å². The number of rotatable bonds is 2. The Balaban J connectivity index is 2.07. The highest BCUT2D eigenvalue weighted by atomic mass is 28.3. The molecule has 1 atom stereocenters. The summed E-state index contributed by atoms with van der Waals surface area (Å²) in [5, 5.41) is 0. The lowest BCUT2D eigenvalue weighted by Gasteiger charge is -2.20. The molecule has 120 valence electrons. The van der Waals surface area contributed by atoms with E-state index in [-0.39, 0.29) is 5.41 Å². The van der Waals surface area contributed by atoms with Crippen LogP contribution in [0.3, 0.4) is 0 Å². The van der Waals surface area contributed by atoms with Crippen molar-refractivity contribution in [1.82, 2.24) is 0 Å². The Labute approximate surface area is 142 Å². The molecule has 0 saturated carbocycles. The maximum absolute atomic E-state index is 2.46. The van der Waals surface area contributed by atoms with E-state index in [1.54, 1.807) is 11.1 Å². The number of hydrogen-bond donors (Lipinski definition) is 0. The Morgan fingerprint density at radius 1 is 0.913 bits per heavy atom. The second-order valence-corrected chi connectivity index (χ2v) is 11.4. The Hall–Kier alpha value is -1.60. The first kappa shape index (κ1) is 16.3. The Bertz CT molecular complexity index is 743. The van der Waals surface area contributed by atoms with E-state index in [2.05, 4.69) is 89.3 Å². The van der Waals surface area contributed by atoms with Crippen LogP contribution in [0.5, 0.6) is 0 Å². The van der Waals surface area contributed by atoms with Gasteiger partial charge in [-0.2, -0.15) is 0 Å². The van der Waals surface area contributed by atoms with Crippen LogP contribution in [0.2, 0.25) is 13.1 Å². The minimum atomic E-state index is -0.732. The molecular formula is C22H28Si. The van der Waals surface area contributed by atoms with Crippen molar-refractivity contribution in [2.24, 2.45) is 0 Å². The van der Waals surface area contributed by atoms with Gasteiger partial charge < -0.3 is 0 Å². The molecule has 3 rings (SSSR count). The molecule has 1 unspecified atom stereocenters. The van der Waals surface area contributed by atoms with Gasteiger partial charge in [0.25, 0.3) is 0 Å². The zero-order valence-electron chi connectivity index (χ0n) is 15.3. The van der Waals surface area contributed by atoms with E-state index in [0.717, 1.165) is 0 Å². The molecule has 0 radical (unpaired) electrons. The van der Waals surface area contributed by atoms with E-state index in [1.807, 2.05) is 0 Å². The molecule has 1 aliphatic carbocycles. The third-order valence-electron chi connectivity index (χ3n) is 5.07. The number of allylic oxidation sites excluding steroid dienone is 1. The van der Waals surface area contributed by atoms with Crippen molar-refractivity contribution in [2.75, 3.05) is 0 Å². The van der Waals surface area contributed by atoms with E-state index in [9.17, 15) is 0 Å². The summed E-state index contributed by atoms with van der Waals surface area (Å²) in [6.45, 7) is 14.0. The van der Waals surface area contributed by atoms with Crippen LogP contribution < -0.4 is 0 Å². The first-order valence-electron chi connectivity index (χ1n) is 8.71. The molecule has 0 spiro atoms. The van der Waals surface area contributed by atoms with Gasteiger partial charge in [0.05, 0.1) is 0 Å². The van der Waals surface area contributed by atoms with Crippen molar-refractivity contribution in [1.29, 1.82) is 0 Å². The molecule has 23 heavy (non-hydrogen) atoms. The van der Waals surface area contributed by atoms with Gasteiger partial charge in [-0.1, -0.05) is 88.0 Å². The predicted molar refractivity (Wildman–Crippen MR) is 106 cm³/mol. The summed E-state index contributed by atoms with van der Waals surface area (Å²) >= 11 is 0. The number of fused-ring (bicyclic) bond motifs is 1. The minimum Gasteiger partial charge on any atom is -0.0714 e. The molecule has 0 amide bonds. The smallest absolute Gasteiger partial charge is 0.0439 e. The monoisotopic (exact) mass is 320 g/mol.